The van der Waals surface area contributed by atoms with Crippen LogP contribution in [0.25, 0.3) is 6.08 Å². The Bertz CT molecular complexity index is 443. The average molecular weight is 260 g/mol. The number of rotatable bonds is 4. The van der Waals surface area contributed by atoms with Crippen molar-refractivity contribution in [1.29, 1.82) is 0 Å². The molecule has 2 heteroatoms. The highest BCUT2D eigenvalue weighted by Crippen LogP contribution is 2.31. The summed E-state index contributed by atoms with van der Waals surface area (Å²) in [5.41, 5.74) is 3.48. The molecule has 0 heterocycles. The van der Waals surface area contributed by atoms with Crippen molar-refractivity contribution in [2.75, 3.05) is 13.7 Å². The summed E-state index contributed by atoms with van der Waals surface area (Å²) in [5, 5.41) is 9.62. The lowest BCUT2D eigenvalue weighted by molar-refractivity contribution is 0.295. The number of ether oxygens (including phenoxy) is 1. The quantitative estimate of drug-likeness (QED) is 0.888. The Labute approximate surface area is 116 Å². The molecule has 1 N–H and O–H groups in total. The fraction of sp³-hybridized carbons (Fsp3) is 0.529. The summed E-state index contributed by atoms with van der Waals surface area (Å²) in [4.78, 5) is 0. The van der Waals surface area contributed by atoms with Crippen LogP contribution in [0.4, 0.5) is 0 Å². The van der Waals surface area contributed by atoms with E-state index >= 15 is 0 Å². The molecule has 0 aliphatic heterocycles. The highest BCUT2D eigenvalue weighted by atomic mass is 16.5. The fourth-order valence-corrected chi connectivity index (χ4v) is 2.97. The Morgan fingerprint density at radius 3 is 2.63 bits per heavy atom. The smallest absolute Gasteiger partial charge is 0.121 e. The van der Waals surface area contributed by atoms with Crippen LogP contribution in [0.1, 0.15) is 43.2 Å². The average Bonchev–Trinajstić information content (AvgIpc) is 2.46. The van der Waals surface area contributed by atoms with Crippen LogP contribution in [0.5, 0.6) is 5.75 Å². The van der Waals surface area contributed by atoms with Crippen molar-refractivity contribution in [2.45, 2.75) is 39.0 Å². The summed E-state index contributed by atoms with van der Waals surface area (Å²) in [5.74, 6) is 1.49. The van der Waals surface area contributed by atoms with Crippen LogP contribution < -0.4 is 4.74 Å². The van der Waals surface area contributed by atoms with Crippen molar-refractivity contribution in [3.05, 3.63) is 34.9 Å². The van der Waals surface area contributed by atoms with E-state index in [2.05, 4.69) is 25.1 Å². The number of benzene rings is 1. The molecule has 1 aliphatic carbocycles. The third kappa shape index (κ3) is 3.60. The molecule has 0 spiro atoms. The highest BCUT2D eigenvalue weighted by Gasteiger charge is 2.17. The lowest BCUT2D eigenvalue weighted by atomic mass is 9.83. The van der Waals surface area contributed by atoms with Gasteiger partial charge in [0, 0.05) is 0 Å². The van der Waals surface area contributed by atoms with E-state index in [9.17, 15) is 5.11 Å². The van der Waals surface area contributed by atoms with Gasteiger partial charge in [-0.05, 0) is 54.5 Å². The van der Waals surface area contributed by atoms with Gasteiger partial charge in [-0.15, -0.1) is 0 Å². The van der Waals surface area contributed by atoms with Gasteiger partial charge in [0.25, 0.3) is 0 Å². The molecule has 0 amide bonds. The number of aryl methyl sites for hydroxylation is 1. The molecule has 0 radical (unpaired) electrons. The van der Waals surface area contributed by atoms with Crippen molar-refractivity contribution in [2.24, 2.45) is 5.92 Å². The van der Waals surface area contributed by atoms with Crippen LogP contribution in [0, 0.1) is 12.8 Å². The summed E-state index contributed by atoms with van der Waals surface area (Å²) in [7, 11) is 1.69. The molecule has 19 heavy (non-hydrogen) atoms. The number of aliphatic hydroxyl groups is 1. The Morgan fingerprint density at radius 2 is 2.05 bits per heavy atom. The van der Waals surface area contributed by atoms with Crippen LogP contribution in [0.3, 0.4) is 0 Å². The lowest BCUT2D eigenvalue weighted by Crippen LogP contribution is -2.11. The Balaban J connectivity index is 2.19. The molecule has 1 aromatic carbocycles. The van der Waals surface area contributed by atoms with Crippen LogP contribution in [0.15, 0.2) is 23.8 Å². The molecular weight excluding hydrogens is 236 g/mol. The van der Waals surface area contributed by atoms with Gasteiger partial charge in [0.15, 0.2) is 0 Å². The van der Waals surface area contributed by atoms with E-state index in [0.717, 1.165) is 16.9 Å². The minimum atomic E-state index is 0.176. The molecule has 1 aliphatic rings. The number of aliphatic hydroxyl groups excluding tert-OH is 1. The zero-order chi connectivity index (χ0) is 13.7. The minimum absolute atomic E-state index is 0.176. The molecule has 0 unspecified atom stereocenters. The molecule has 0 atom stereocenters. The fourth-order valence-electron chi connectivity index (χ4n) is 2.97. The normalized spacial score (nSPS) is 17.5. The zero-order valence-electron chi connectivity index (χ0n) is 12.0. The topological polar surface area (TPSA) is 29.5 Å². The SMILES string of the molecule is COc1ccc(C=C(CO)C2CCCCC2)cc1C. The van der Waals surface area contributed by atoms with Crippen molar-refractivity contribution in [1.82, 2.24) is 0 Å². The molecule has 0 aromatic heterocycles. The van der Waals surface area contributed by atoms with Crippen LogP contribution in [0.2, 0.25) is 0 Å². The van der Waals surface area contributed by atoms with Gasteiger partial charge in [-0.3, -0.25) is 0 Å². The van der Waals surface area contributed by atoms with Crippen LogP contribution >= 0.6 is 0 Å². The predicted octanol–water partition coefficient (Wildman–Crippen LogP) is 3.96. The van der Waals surface area contributed by atoms with Gasteiger partial charge < -0.3 is 9.84 Å². The molecule has 104 valence electrons. The molecule has 2 rings (SSSR count). The van der Waals surface area contributed by atoms with Crippen molar-refractivity contribution in [3.63, 3.8) is 0 Å². The first kappa shape index (κ1) is 14.1. The molecular formula is C17H24O2. The molecule has 2 nitrogen and oxygen atoms in total. The van der Waals surface area contributed by atoms with Crippen molar-refractivity contribution in [3.8, 4) is 5.75 Å². The number of hydrogen-bond donors (Lipinski definition) is 1. The molecule has 1 aromatic rings. The maximum atomic E-state index is 9.62. The Morgan fingerprint density at radius 1 is 1.32 bits per heavy atom. The van der Waals surface area contributed by atoms with Gasteiger partial charge in [0.05, 0.1) is 13.7 Å². The summed E-state index contributed by atoms with van der Waals surface area (Å²) < 4.78 is 5.28. The molecule has 0 bridgehead atoms. The molecule has 1 saturated carbocycles. The first-order valence-electron chi connectivity index (χ1n) is 7.20. The summed E-state index contributed by atoms with van der Waals surface area (Å²) >= 11 is 0. The third-order valence-corrected chi connectivity index (χ3v) is 4.08. The second kappa shape index (κ2) is 6.76. The second-order valence-electron chi connectivity index (χ2n) is 5.44. The van der Waals surface area contributed by atoms with Gasteiger partial charge in [-0.25, -0.2) is 0 Å². The Kier molecular flexibility index (Phi) is 5.03. The van der Waals surface area contributed by atoms with E-state index in [1.807, 2.05) is 6.07 Å². The number of hydrogen-bond acceptors (Lipinski definition) is 2. The number of methoxy groups -OCH3 is 1. The van der Waals surface area contributed by atoms with E-state index in [1.165, 1.54) is 37.7 Å². The summed E-state index contributed by atoms with van der Waals surface area (Å²) in [6, 6.07) is 6.18. The van der Waals surface area contributed by atoms with E-state index < -0.39 is 0 Å². The van der Waals surface area contributed by atoms with E-state index in [-0.39, 0.29) is 6.61 Å². The summed E-state index contributed by atoms with van der Waals surface area (Å²) in [6.45, 7) is 2.23. The first-order valence-corrected chi connectivity index (χ1v) is 7.20. The van der Waals surface area contributed by atoms with Gasteiger partial charge in [-0.2, -0.15) is 0 Å². The van der Waals surface area contributed by atoms with Crippen molar-refractivity contribution < 1.29 is 9.84 Å². The summed E-state index contributed by atoms with van der Waals surface area (Å²) in [6.07, 6.45) is 8.54. The zero-order valence-corrected chi connectivity index (χ0v) is 12.0. The largest absolute Gasteiger partial charge is 0.496 e. The first-order chi connectivity index (χ1) is 9.24. The minimum Gasteiger partial charge on any atom is -0.496 e. The third-order valence-electron chi connectivity index (χ3n) is 4.08. The van der Waals surface area contributed by atoms with Crippen molar-refractivity contribution >= 4 is 6.08 Å². The van der Waals surface area contributed by atoms with Gasteiger partial charge in [0.1, 0.15) is 5.75 Å². The highest BCUT2D eigenvalue weighted by molar-refractivity contribution is 5.56. The maximum Gasteiger partial charge on any atom is 0.121 e. The van der Waals surface area contributed by atoms with Gasteiger partial charge in [0.2, 0.25) is 0 Å². The van der Waals surface area contributed by atoms with Crippen LogP contribution in [-0.2, 0) is 0 Å². The predicted molar refractivity (Wildman–Crippen MR) is 79.4 cm³/mol. The van der Waals surface area contributed by atoms with Gasteiger partial charge >= 0.3 is 0 Å². The monoisotopic (exact) mass is 260 g/mol. The van der Waals surface area contributed by atoms with E-state index in [1.54, 1.807) is 7.11 Å². The molecule has 0 saturated heterocycles. The second-order valence-corrected chi connectivity index (χ2v) is 5.44. The molecule has 1 fully saturated rings. The van der Waals surface area contributed by atoms with E-state index in [0.29, 0.717) is 5.92 Å². The van der Waals surface area contributed by atoms with E-state index in [4.69, 9.17) is 4.74 Å². The van der Waals surface area contributed by atoms with Crippen LogP contribution in [-0.4, -0.2) is 18.8 Å². The standard InChI is InChI=1S/C17H24O2/c1-13-10-14(8-9-17(13)19-2)11-16(12-18)15-6-4-3-5-7-15/h8-11,15,18H,3-7,12H2,1-2H3. The lowest BCUT2D eigenvalue weighted by Gasteiger charge is -2.23. The van der Waals surface area contributed by atoms with Gasteiger partial charge in [-0.1, -0.05) is 31.4 Å². The maximum absolute atomic E-state index is 9.62. The Hall–Kier alpha value is -1.28.